The highest BCUT2D eigenvalue weighted by molar-refractivity contribution is 7.99. The monoisotopic (exact) mass is 314 g/mol. The summed E-state index contributed by atoms with van der Waals surface area (Å²) in [5.41, 5.74) is 2.39. The lowest BCUT2D eigenvalue weighted by atomic mass is 10.1. The maximum atomic E-state index is 11.8. The summed E-state index contributed by atoms with van der Waals surface area (Å²) in [5, 5.41) is 2.82. The van der Waals surface area contributed by atoms with Gasteiger partial charge in [-0.15, -0.1) is 0 Å². The van der Waals surface area contributed by atoms with Crippen molar-refractivity contribution in [1.29, 1.82) is 0 Å². The molecule has 0 unspecified atom stereocenters. The number of benzene rings is 1. The predicted octanol–water partition coefficient (Wildman–Crippen LogP) is 3.20. The van der Waals surface area contributed by atoms with Gasteiger partial charge in [0.15, 0.2) is 5.78 Å². The molecule has 0 fully saturated rings. The first-order chi connectivity index (χ1) is 10.6. The summed E-state index contributed by atoms with van der Waals surface area (Å²) in [6.07, 6.45) is 2.63. The van der Waals surface area contributed by atoms with E-state index in [1.54, 1.807) is 42.2 Å². The normalized spacial score (nSPS) is 10.2. The molecule has 0 aliphatic carbocycles. The second-order valence-electron chi connectivity index (χ2n) is 4.81. The van der Waals surface area contributed by atoms with Crippen LogP contribution in [0, 0.1) is 0 Å². The number of ketones is 1. The van der Waals surface area contributed by atoms with E-state index in [0.717, 1.165) is 17.9 Å². The lowest BCUT2D eigenvalue weighted by Crippen LogP contribution is -2.14. The number of anilines is 1. The van der Waals surface area contributed by atoms with E-state index in [0.29, 0.717) is 17.0 Å². The molecule has 0 radical (unpaired) electrons. The van der Waals surface area contributed by atoms with Crippen LogP contribution < -0.4 is 5.32 Å². The topological polar surface area (TPSA) is 59.1 Å². The Hall–Kier alpha value is -2.14. The van der Waals surface area contributed by atoms with E-state index in [1.807, 2.05) is 18.2 Å². The molecule has 1 amide bonds. The zero-order chi connectivity index (χ0) is 15.8. The molecule has 1 aromatic heterocycles. The highest BCUT2D eigenvalue weighted by Crippen LogP contribution is 2.11. The summed E-state index contributed by atoms with van der Waals surface area (Å²) >= 11 is 1.58. The average molecular weight is 314 g/mol. The number of hydrogen-bond donors (Lipinski definition) is 1. The van der Waals surface area contributed by atoms with Gasteiger partial charge in [-0.2, -0.15) is 11.8 Å². The predicted molar refractivity (Wildman–Crippen MR) is 90.3 cm³/mol. The van der Waals surface area contributed by atoms with Gasteiger partial charge in [-0.25, -0.2) is 0 Å². The van der Waals surface area contributed by atoms with Crippen molar-refractivity contribution in [2.24, 2.45) is 0 Å². The molecule has 0 atom stereocenters. The van der Waals surface area contributed by atoms with Gasteiger partial charge in [0, 0.05) is 23.1 Å². The summed E-state index contributed by atoms with van der Waals surface area (Å²) < 4.78 is 0. The highest BCUT2D eigenvalue weighted by Gasteiger charge is 2.04. The van der Waals surface area contributed by atoms with E-state index in [9.17, 15) is 9.59 Å². The lowest BCUT2D eigenvalue weighted by molar-refractivity contribution is -0.113. The summed E-state index contributed by atoms with van der Waals surface area (Å²) in [7, 11) is 0. The molecule has 5 heteroatoms. The molecule has 0 aliphatic heterocycles. The molecule has 1 heterocycles. The number of Topliss-reactive ketones (excluding diaryl/α,β-unsaturated/α-hetero) is 1. The van der Waals surface area contributed by atoms with Gasteiger partial charge in [0.05, 0.1) is 5.75 Å². The van der Waals surface area contributed by atoms with Crippen LogP contribution in [-0.4, -0.2) is 28.2 Å². The minimum absolute atomic E-state index is 0.0166. The molecule has 0 aliphatic rings. The fraction of sp³-hybridized carbons (Fsp3) is 0.235. The second kappa shape index (κ2) is 8.34. The van der Waals surface area contributed by atoms with E-state index in [-0.39, 0.29) is 11.7 Å². The van der Waals surface area contributed by atoms with E-state index in [1.165, 1.54) is 6.92 Å². The van der Waals surface area contributed by atoms with Crippen LogP contribution in [0.3, 0.4) is 0 Å². The molecule has 0 saturated heterocycles. The summed E-state index contributed by atoms with van der Waals surface area (Å²) in [4.78, 5) is 27.2. The quantitative estimate of drug-likeness (QED) is 0.630. The van der Waals surface area contributed by atoms with Crippen molar-refractivity contribution in [1.82, 2.24) is 4.98 Å². The lowest BCUT2D eigenvalue weighted by Gasteiger charge is -2.06. The molecule has 0 spiro atoms. The molecule has 22 heavy (non-hydrogen) atoms. The van der Waals surface area contributed by atoms with Gasteiger partial charge < -0.3 is 5.32 Å². The molecular weight excluding hydrogens is 296 g/mol. The van der Waals surface area contributed by atoms with Crippen LogP contribution in [0.2, 0.25) is 0 Å². The Kier molecular flexibility index (Phi) is 6.15. The van der Waals surface area contributed by atoms with E-state index in [2.05, 4.69) is 10.3 Å². The van der Waals surface area contributed by atoms with Crippen LogP contribution >= 0.6 is 11.8 Å². The summed E-state index contributed by atoms with van der Waals surface area (Å²) in [6, 6.07) is 12.8. The second-order valence-corrected chi connectivity index (χ2v) is 5.91. The van der Waals surface area contributed by atoms with Crippen LogP contribution in [0.15, 0.2) is 48.7 Å². The van der Waals surface area contributed by atoms with Crippen LogP contribution in [0.4, 0.5) is 5.69 Å². The Bertz CT molecular complexity index is 627. The Balaban J connectivity index is 1.70. The van der Waals surface area contributed by atoms with Gasteiger partial charge in [-0.05, 0) is 55.5 Å². The average Bonchev–Trinajstić information content (AvgIpc) is 2.53. The standard InChI is InChI=1S/C17H18N2O2S/c1-13(20)14-5-7-16(8-6-14)19-17(21)12-22-11-9-15-4-2-3-10-18-15/h2-8,10H,9,11-12H2,1H3,(H,19,21). The number of pyridine rings is 1. The zero-order valence-corrected chi connectivity index (χ0v) is 13.2. The van der Waals surface area contributed by atoms with E-state index >= 15 is 0 Å². The zero-order valence-electron chi connectivity index (χ0n) is 12.4. The number of aryl methyl sites for hydroxylation is 1. The molecular formula is C17H18N2O2S. The van der Waals surface area contributed by atoms with Crippen molar-refractivity contribution in [3.05, 3.63) is 59.9 Å². The first-order valence-corrected chi connectivity index (χ1v) is 8.19. The number of aromatic nitrogens is 1. The fourth-order valence-electron chi connectivity index (χ4n) is 1.87. The Labute approximate surface area is 134 Å². The fourth-order valence-corrected chi connectivity index (χ4v) is 2.63. The third-order valence-corrected chi connectivity index (χ3v) is 4.00. The number of hydrogen-bond acceptors (Lipinski definition) is 4. The van der Waals surface area contributed by atoms with Crippen molar-refractivity contribution in [3.63, 3.8) is 0 Å². The van der Waals surface area contributed by atoms with Crippen LogP contribution in [0.1, 0.15) is 23.0 Å². The SMILES string of the molecule is CC(=O)c1ccc(NC(=O)CSCCc2ccccn2)cc1. The van der Waals surface area contributed by atoms with Crippen molar-refractivity contribution < 1.29 is 9.59 Å². The number of rotatable bonds is 7. The maximum absolute atomic E-state index is 11.8. The van der Waals surface area contributed by atoms with Gasteiger partial charge in [0.25, 0.3) is 0 Å². The molecule has 0 bridgehead atoms. The number of nitrogens with one attached hydrogen (secondary N) is 1. The minimum atomic E-state index is -0.0402. The first kappa shape index (κ1) is 16.2. The Morgan fingerprint density at radius 3 is 2.55 bits per heavy atom. The molecule has 2 aromatic rings. The van der Waals surface area contributed by atoms with E-state index in [4.69, 9.17) is 0 Å². The summed E-state index contributed by atoms with van der Waals surface area (Å²) in [6.45, 7) is 1.52. The number of nitrogens with zero attached hydrogens (tertiary/aromatic N) is 1. The molecule has 4 nitrogen and oxygen atoms in total. The van der Waals surface area contributed by atoms with Crippen molar-refractivity contribution in [3.8, 4) is 0 Å². The number of carbonyl (C=O) groups is 2. The van der Waals surface area contributed by atoms with Crippen LogP contribution in [0.25, 0.3) is 0 Å². The van der Waals surface area contributed by atoms with Gasteiger partial charge >= 0.3 is 0 Å². The van der Waals surface area contributed by atoms with Gasteiger partial charge in [0.1, 0.15) is 0 Å². The van der Waals surface area contributed by atoms with Gasteiger partial charge in [-0.3, -0.25) is 14.6 Å². The molecule has 1 N–H and O–H groups in total. The van der Waals surface area contributed by atoms with E-state index < -0.39 is 0 Å². The Morgan fingerprint density at radius 2 is 1.91 bits per heavy atom. The summed E-state index contributed by atoms with van der Waals surface area (Å²) in [5.74, 6) is 1.24. The first-order valence-electron chi connectivity index (χ1n) is 7.03. The molecule has 114 valence electrons. The Morgan fingerprint density at radius 1 is 1.14 bits per heavy atom. The van der Waals surface area contributed by atoms with Crippen molar-refractivity contribution in [2.75, 3.05) is 16.8 Å². The highest BCUT2D eigenvalue weighted by atomic mass is 32.2. The maximum Gasteiger partial charge on any atom is 0.234 e. The minimum Gasteiger partial charge on any atom is -0.325 e. The number of carbonyl (C=O) groups excluding carboxylic acids is 2. The van der Waals surface area contributed by atoms with Gasteiger partial charge in [0.2, 0.25) is 5.91 Å². The van der Waals surface area contributed by atoms with Crippen molar-refractivity contribution in [2.45, 2.75) is 13.3 Å². The smallest absolute Gasteiger partial charge is 0.234 e. The third-order valence-electron chi connectivity index (χ3n) is 3.04. The van der Waals surface area contributed by atoms with Gasteiger partial charge in [-0.1, -0.05) is 6.07 Å². The van der Waals surface area contributed by atoms with Crippen molar-refractivity contribution >= 4 is 29.1 Å². The molecule has 0 saturated carbocycles. The van der Waals surface area contributed by atoms with Crippen LogP contribution in [-0.2, 0) is 11.2 Å². The van der Waals surface area contributed by atoms with Crippen LogP contribution in [0.5, 0.6) is 0 Å². The number of amides is 1. The molecule has 1 aromatic carbocycles. The number of thioether (sulfide) groups is 1. The molecule has 2 rings (SSSR count). The largest absolute Gasteiger partial charge is 0.325 e. The third kappa shape index (κ3) is 5.33.